The summed E-state index contributed by atoms with van der Waals surface area (Å²) < 4.78 is 33.1. The smallest absolute Gasteiger partial charge is 0.233 e. The first-order chi connectivity index (χ1) is 18.7. The average molecular weight is 566 g/mol. The number of carbonyl (C=O) groups is 1. The summed E-state index contributed by atoms with van der Waals surface area (Å²) in [6.07, 6.45) is 8.35. The van der Waals surface area contributed by atoms with Crippen LogP contribution in [0.15, 0.2) is 71.8 Å². The fraction of sp³-hybridized carbons (Fsp3) is 0.400. The van der Waals surface area contributed by atoms with Gasteiger partial charge in [-0.15, -0.1) is 11.8 Å². The number of hydrogen-bond acceptors (Lipinski definition) is 6. The Morgan fingerprint density at radius 1 is 1.05 bits per heavy atom. The van der Waals surface area contributed by atoms with Gasteiger partial charge in [0.25, 0.3) is 0 Å². The molecule has 0 saturated heterocycles. The fourth-order valence-corrected chi connectivity index (χ4v) is 8.81. The van der Waals surface area contributed by atoms with Crippen LogP contribution in [0.2, 0.25) is 0 Å². The van der Waals surface area contributed by atoms with Crippen molar-refractivity contribution in [2.45, 2.75) is 68.8 Å². The van der Waals surface area contributed by atoms with Crippen LogP contribution in [0.25, 0.3) is 10.9 Å². The number of nitrogens with zero attached hydrogens (tertiary/aromatic N) is 2. The van der Waals surface area contributed by atoms with Crippen LogP contribution in [-0.4, -0.2) is 35.2 Å². The van der Waals surface area contributed by atoms with E-state index in [2.05, 4.69) is 18.2 Å². The van der Waals surface area contributed by atoms with Crippen LogP contribution in [0.3, 0.4) is 0 Å². The van der Waals surface area contributed by atoms with Crippen molar-refractivity contribution in [3.05, 3.63) is 83.0 Å². The zero-order valence-corrected chi connectivity index (χ0v) is 23.8. The molecule has 0 bridgehead atoms. The largest absolute Gasteiger partial charge is 0.487 e. The lowest BCUT2D eigenvalue weighted by Gasteiger charge is -2.38. The van der Waals surface area contributed by atoms with Crippen molar-refractivity contribution in [1.29, 1.82) is 0 Å². The number of para-hydroxylation sites is 1. The summed E-state index contributed by atoms with van der Waals surface area (Å²) in [6.45, 7) is 0.381. The van der Waals surface area contributed by atoms with Crippen LogP contribution in [0.1, 0.15) is 62.6 Å². The van der Waals surface area contributed by atoms with E-state index < -0.39 is 15.9 Å². The standard InChI is InChI=1S/C30H35N3O4S2/c1-39(35,36)33-25(18-28(31)34)21-38-29(33)19-30(16-6-2-3-7-17-30)23-11-14-26(15-12-23)37-20-24-13-10-22-8-4-5-9-27(22)32-24/h4-5,8-15,21,29H,2-3,6-7,16-20H2,1H3,(H2,31,34). The van der Waals surface area contributed by atoms with Gasteiger partial charge in [-0.05, 0) is 59.9 Å². The molecular formula is C30H35N3O4S2. The maximum Gasteiger partial charge on any atom is 0.233 e. The number of ether oxygens (including phenoxy) is 1. The molecule has 2 aromatic carbocycles. The van der Waals surface area contributed by atoms with Gasteiger partial charge in [-0.2, -0.15) is 0 Å². The van der Waals surface area contributed by atoms with Crippen LogP contribution in [0.4, 0.5) is 0 Å². The Morgan fingerprint density at radius 3 is 2.46 bits per heavy atom. The second kappa shape index (κ2) is 11.6. The van der Waals surface area contributed by atoms with Crippen LogP contribution in [0, 0.1) is 0 Å². The van der Waals surface area contributed by atoms with Crippen molar-refractivity contribution in [3.63, 3.8) is 0 Å². The van der Waals surface area contributed by atoms with E-state index in [9.17, 15) is 13.2 Å². The van der Waals surface area contributed by atoms with Crippen molar-refractivity contribution in [2.24, 2.45) is 5.73 Å². The lowest BCUT2D eigenvalue weighted by molar-refractivity contribution is -0.117. The van der Waals surface area contributed by atoms with Crippen molar-refractivity contribution < 1.29 is 17.9 Å². The number of hydrogen-bond donors (Lipinski definition) is 1. The molecule has 5 rings (SSSR count). The van der Waals surface area contributed by atoms with Crippen molar-refractivity contribution in [3.8, 4) is 5.75 Å². The van der Waals surface area contributed by atoms with Gasteiger partial charge in [-0.25, -0.2) is 13.4 Å². The molecule has 1 aliphatic carbocycles. The van der Waals surface area contributed by atoms with E-state index in [0.717, 1.165) is 48.0 Å². The van der Waals surface area contributed by atoms with Crippen molar-refractivity contribution in [1.82, 2.24) is 9.29 Å². The van der Waals surface area contributed by atoms with Gasteiger partial charge < -0.3 is 10.5 Å². The van der Waals surface area contributed by atoms with Crippen LogP contribution in [0.5, 0.6) is 5.75 Å². The number of fused-ring (bicyclic) bond motifs is 1. The number of primary amides is 1. The number of aromatic nitrogens is 1. The zero-order valence-electron chi connectivity index (χ0n) is 22.2. The number of thioether (sulfide) groups is 1. The summed E-state index contributed by atoms with van der Waals surface area (Å²) in [4.78, 5) is 16.3. The first-order valence-electron chi connectivity index (χ1n) is 13.4. The third-order valence-electron chi connectivity index (χ3n) is 7.75. The number of carbonyl (C=O) groups excluding carboxylic acids is 1. The number of sulfonamides is 1. The van der Waals surface area contributed by atoms with E-state index in [-0.39, 0.29) is 17.2 Å². The molecule has 1 saturated carbocycles. The molecular weight excluding hydrogens is 530 g/mol. The third kappa shape index (κ3) is 6.41. The molecule has 3 aromatic rings. The van der Waals surface area contributed by atoms with E-state index in [1.807, 2.05) is 42.5 Å². The molecule has 0 spiro atoms. The summed E-state index contributed by atoms with van der Waals surface area (Å²) in [5.41, 5.74) is 8.75. The normalized spacial score (nSPS) is 19.5. The van der Waals surface area contributed by atoms with Gasteiger partial charge in [-0.3, -0.25) is 9.10 Å². The minimum absolute atomic E-state index is 0.0817. The number of rotatable bonds is 9. The molecule has 2 heterocycles. The first-order valence-corrected chi connectivity index (χ1v) is 16.2. The summed E-state index contributed by atoms with van der Waals surface area (Å²) in [6, 6.07) is 20.4. The topological polar surface area (TPSA) is 103 Å². The highest BCUT2D eigenvalue weighted by atomic mass is 32.2. The first kappa shape index (κ1) is 27.5. The van der Waals surface area contributed by atoms with Gasteiger partial charge in [0.2, 0.25) is 15.9 Å². The molecule has 2 aliphatic rings. The van der Waals surface area contributed by atoms with Gasteiger partial charge in [-0.1, -0.05) is 62.1 Å². The lowest BCUT2D eigenvalue weighted by atomic mass is 9.71. The highest BCUT2D eigenvalue weighted by molar-refractivity contribution is 8.03. The average Bonchev–Trinajstić information content (AvgIpc) is 3.15. The molecule has 1 amide bonds. The van der Waals surface area contributed by atoms with E-state index in [0.29, 0.717) is 18.7 Å². The Morgan fingerprint density at radius 2 is 1.77 bits per heavy atom. The van der Waals surface area contributed by atoms with Crippen LogP contribution >= 0.6 is 11.8 Å². The quantitative estimate of drug-likeness (QED) is 0.327. The Balaban J connectivity index is 1.35. The Bertz CT molecular complexity index is 1460. The van der Waals surface area contributed by atoms with Gasteiger partial charge in [0, 0.05) is 11.1 Å². The number of nitrogens with two attached hydrogens (primary N) is 1. The Kier molecular flexibility index (Phi) is 8.19. The van der Waals surface area contributed by atoms with Crippen LogP contribution < -0.4 is 10.5 Å². The highest BCUT2D eigenvalue weighted by Gasteiger charge is 2.42. The van der Waals surface area contributed by atoms with Crippen LogP contribution in [-0.2, 0) is 26.8 Å². The highest BCUT2D eigenvalue weighted by Crippen LogP contribution is 2.48. The predicted molar refractivity (Wildman–Crippen MR) is 156 cm³/mol. The zero-order chi connectivity index (χ0) is 27.5. The summed E-state index contributed by atoms with van der Waals surface area (Å²) >= 11 is 1.48. The second-order valence-corrected chi connectivity index (χ2v) is 13.5. The molecule has 39 heavy (non-hydrogen) atoms. The summed E-state index contributed by atoms with van der Waals surface area (Å²) in [7, 11) is -3.56. The molecule has 1 unspecified atom stereocenters. The lowest BCUT2D eigenvalue weighted by Crippen LogP contribution is -2.40. The molecule has 1 aliphatic heterocycles. The minimum atomic E-state index is -3.56. The van der Waals surface area contributed by atoms with Gasteiger partial charge in [0.15, 0.2) is 0 Å². The predicted octanol–water partition coefficient (Wildman–Crippen LogP) is 5.85. The molecule has 2 N–H and O–H groups in total. The molecule has 1 aromatic heterocycles. The molecule has 206 valence electrons. The molecule has 1 atom stereocenters. The Labute approximate surface area is 234 Å². The SMILES string of the molecule is CS(=O)(=O)N1C(CC(N)=O)=CSC1CC1(c2ccc(OCc3ccc4ccccc4n3)cc2)CCCCCC1. The van der Waals surface area contributed by atoms with E-state index in [1.54, 1.807) is 5.41 Å². The second-order valence-electron chi connectivity index (χ2n) is 10.6. The number of benzene rings is 2. The molecule has 1 fully saturated rings. The fourth-order valence-electron chi connectivity index (χ4n) is 5.91. The van der Waals surface area contributed by atoms with Gasteiger partial charge >= 0.3 is 0 Å². The number of pyridine rings is 1. The maximum absolute atomic E-state index is 12.8. The third-order valence-corrected chi connectivity index (χ3v) is 10.2. The molecule has 7 nitrogen and oxygen atoms in total. The summed E-state index contributed by atoms with van der Waals surface area (Å²) in [5.74, 6) is 0.241. The van der Waals surface area contributed by atoms with Gasteiger partial charge in [0.05, 0.1) is 29.3 Å². The number of amides is 1. The van der Waals surface area contributed by atoms with E-state index >= 15 is 0 Å². The maximum atomic E-state index is 12.8. The Hall–Kier alpha value is -3.04. The van der Waals surface area contributed by atoms with E-state index in [4.69, 9.17) is 15.5 Å². The van der Waals surface area contributed by atoms with Crippen molar-refractivity contribution in [2.75, 3.05) is 6.26 Å². The minimum Gasteiger partial charge on any atom is -0.487 e. The molecule has 0 radical (unpaired) electrons. The van der Waals surface area contributed by atoms with Gasteiger partial charge in [0.1, 0.15) is 12.4 Å². The van der Waals surface area contributed by atoms with Crippen molar-refractivity contribution >= 4 is 38.6 Å². The monoisotopic (exact) mass is 565 g/mol. The summed E-state index contributed by atoms with van der Waals surface area (Å²) in [5, 5.41) is 2.59. The molecule has 9 heteroatoms. The van der Waals surface area contributed by atoms with E-state index in [1.165, 1.54) is 40.7 Å².